The number of aromatic hydroxyl groups is 1. The second-order valence-electron chi connectivity index (χ2n) is 4.34. The number of rotatable bonds is 5. The number of hydrogen-bond donors (Lipinski definition) is 2. The van der Waals surface area contributed by atoms with Crippen LogP contribution in [0.25, 0.3) is 0 Å². The van der Waals surface area contributed by atoms with E-state index < -0.39 is 10.0 Å². The van der Waals surface area contributed by atoms with Crippen molar-refractivity contribution in [2.75, 3.05) is 4.72 Å². The van der Waals surface area contributed by atoms with E-state index in [9.17, 15) is 13.5 Å². The average molecular weight is 308 g/mol. The maximum absolute atomic E-state index is 12.2. The standard InChI is InChI=1S/C13H16N4O3S/c1-3-11-12(4-2)15-16-13(14-11)17-21(19,20)10-7-5-9(18)6-8-10/h5-8,18H,3-4H2,1-2H3,(H,14,16,17). The molecule has 0 saturated heterocycles. The topological polar surface area (TPSA) is 105 Å². The molecule has 0 atom stereocenters. The highest BCUT2D eigenvalue weighted by atomic mass is 32.2. The van der Waals surface area contributed by atoms with Crippen molar-refractivity contribution in [1.29, 1.82) is 0 Å². The zero-order valence-electron chi connectivity index (χ0n) is 11.7. The minimum Gasteiger partial charge on any atom is -0.508 e. The van der Waals surface area contributed by atoms with Gasteiger partial charge in [0.05, 0.1) is 16.3 Å². The van der Waals surface area contributed by atoms with Crippen LogP contribution in [0.2, 0.25) is 0 Å². The molecule has 1 aromatic heterocycles. The van der Waals surface area contributed by atoms with Gasteiger partial charge >= 0.3 is 0 Å². The number of phenols is 1. The first-order chi connectivity index (χ1) is 9.96. The van der Waals surface area contributed by atoms with Crippen molar-refractivity contribution in [2.45, 2.75) is 31.6 Å². The van der Waals surface area contributed by atoms with Crippen LogP contribution in [-0.4, -0.2) is 28.7 Å². The average Bonchev–Trinajstić information content (AvgIpc) is 2.47. The first kappa shape index (κ1) is 15.2. The Morgan fingerprint density at radius 2 is 1.67 bits per heavy atom. The van der Waals surface area contributed by atoms with Crippen LogP contribution in [0, 0.1) is 0 Å². The third-order valence-corrected chi connectivity index (χ3v) is 4.23. The molecule has 0 aliphatic rings. The Hall–Kier alpha value is -2.22. The van der Waals surface area contributed by atoms with Crippen LogP contribution >= 0.6 is 0 Å². The van der Waals surface area contributed by atoms with Crippen molar-refractivity contribution in [3.8, 4) is 5.75 Å². The Morgan fingerprint density at radius 1 is 1.05 bits per heavy atom. The Labute approximate surface area is 123 Å². The maximum Gasteiger partial charge on any atom is 0.264 e. The van der Waals surface area contributed by atoms with Crippen LogP contribution in [0.4, 0.5) is 5.95 Å². The number of hydrogen-bond acceptors (Lipinski definition) is 6. The summed E-state index contributed by atoms with van der Waals surface area (Å²) in [7, 11) is -3.80. The number of nitrogens with zero attached hydrogens (tertiary/aromatic N) is 3. The number of aryl methyl sites for hydroxylation is 2. The lowest BCUT2D eigenvalue weighted by Crippen LogP contribution is -2.17. The summed E-state index contributed by atoms with van der Waals surface area (Å²) in [5, 5.41) is 17.0. The first-order valence-corrected chi connectivity index (χ1v) is 7.99. The van der Waals surface area contributed by atoms with Gasteiger partial charge in [-0.3, -0.25) is 0 Å². The second-order valence-corrected chi connectivity index (χ2v) is 6.02. The van der Waals surface area contributed by atoms with E-state index in [4.69, 9.17) is 0 Å². The van der Waals surface area contributed by atoms with Crippen LogP contribution in [-0.2, 0) is 22.9 Å². The van der Waals surface area contributed by atoms with Crippen molar-refractivity contribution in [2.24, 2.45) is 0 Å². The van der Waals surface area contributed by atoms with Gasteiger partial charge in [-0.2, -0.15) is 0 Å². The van der Waals surface area contributed by atoms with Gasteiger partial charge in [-0.05, 0) is 37.1 Å². The Kier molecular flexibility index (Phi) is 4.37. The molecule has 21 heavy (non-hydrogen) atoms. The molecular formula is C13H16N4O3S. The summed E-state index contributed by atoms with van der Waals surface area (Å²) in [5.74, 6) is -0.0652. The molecule has 0 aliphatic heterocycles. The quantitative estimate of drug-likeness (QED) is 0.867. The van der Waals surface area contributed by atoms with Gasteiger partial charge in [0.25, 0.3) is 16.0 Å². The summed E-state index contributed by atoms with van der Waals surface area (Å²) in [4.78, 5) is 4.19. The van der Waals surface area contributed by atoms with Gasteiger partial charge in [-0.25, -0.2) is 18.1 Å². The zero-order chi connectivity index (χ0) is 15.5. The van der Waals surface area contributed by atoms with E-state index in [1.807, 2.05) is 13.8 Å². The van der Waals surface area contributed by atoms with E-state index in [-0.39, 0.29) is 16.6 Å². The van der Waals surface area contributed by atoms with Crippen molar-refractivity contribution >= 4 is 16.0 Å². The number of anilines is 1. The molecule has 7 nitrogen and oxygen atoms in total. The third-order valence-electron chi connectivity index (χ3n) is 2.88. The minimum absolute atomic E-state index is 0.00700. The lowest BCUT2D eigenvalue weighted by molar-refractivity contribution is 0.475. The van der Waals surface area contributed by atoms with Crippen molar-refractivity contribution < 1.29 is 13.5 Å². The minimum atomic E-state index is -3.80. The lowest BCUT2D eigenvalue weighted by Gasteiger charge is -2.08. The molecule has 0 aliphatic carbocycles. The van der Waals surface area contributed by atoms with Crippen LogP contribution < -0.4 is 4.72 Å². The number of nitrogens with one attached hydrogen (secondary N) is 1. The number of aromatic nitrogens is 3. The monoisotopic (exact) mass is 308 g/mol. The molecule has 0 saturated carbocycles. The number of sulfonamides is 1. The van der Waals surface area contributed by atoms with Gasteiger partial charge in [0.2, 0.25) is 0 Å². The van der Waals surface area contributed by atoms with Crippen LogP contribution in [0.1, 0.15) is 25.2 Å². The van der Waals surface area contributed by atoms with Gasteiger partial charge in [0.15, 0.2) is 0 Å². The van der Waals surface area contributed by atoms with E-state index in [1.54, 1.807) is 0 Å². The van der Waals surface area contributed by atoms with Crippen molar-refractivity contribution in [3.05, 3.63) is 35.7 Å². The molecule has 0 bridgehead atoms. The summed E-state index contributed by atoms with van der Waals surface area (Å²) < 4.78 is 26.6. The molecular weight excluding hydrogens is 292 g/mol. The molecule has 2 aromatic rings. The molecule has 0 spiro atoms. The lowest BCUT2D eigenvalue weighted by atomic mass is 10.2. The summed E-state index contributed by atoms with van der Waals surface area (Å²) in [6.45, 7) is 3.85. The fourth-order valence-corrected chi connectivity index (χ4v) is 2.72. The second kappa shape index (κ2) is 6.04. The molecule has 0 unspecified atom stereocenters. The number of benzene rings is 1. The normalized spacial score (nSPS) is 11.3. The first-order valence-electron chi connectivity index (χ1n) is 6.50. The van der Waals surface area contributed by atoms with Gasteiger partial charge in [-0.15, -0.1) is 10.2 Å². The Balaban J connectivity index is 2.30. The molecule has 1 aromatic carbocycles. The molecule has 2 N–H and O–H groups in total. The van der Waals surface area contributed by atoms with Crippen LogP contribution in [0.5, 0.6) is 5.75 Å². The van der Waals surface area contributed by atoms with Crippen LogP contribution in [0.15, 0.2) is 29.2 Å². The predicted octanol–water partition coefficient (Wildman–Crippen LogP) is 1.50. The zero-order valence-corrected chi connectivity index (χ0v) is 12.6. The molecule has 8 heteroatoms. The Morgan fingerprint density at radius 3 is 2.24 bits per heavy atom. The third kappa shape index (κ3) is 3.46. The van der Waals surface area contributed by atoms with E-state index in [0.717, 1.165) is 11.4 Å². The van der Waals surface area contributed by atoms with Crippen molar-refractivity contribution in [3.63, 3.8) is 0 Å². The highest BCUT2D eigenvalue weighted by Crippen LogP contribution is 2.17. The Bertz CT molecular complexity index is 730. The molecule has 112 valence electrons. The van der Waals surface area contributed by atoms with Crippen LogP contribution in [0.3, 0.4) is 0 Å². The molecule has 0 radical (unpaired) electrons. The summed E-state index contributed by atoms with van der Waals surface area (Å²) in [5.41, 5.74) is 1.47. The molecule has 1 heterocycles. The fourth-order valence-electron chi connectivity index (χ4n) is 1.79. The summed E-state index contributed by atoms with van der Waals surface area (Å²) >= 11 is 0. The van der Waals surface area contributed by atoms with E-state index in [0.29, 0.717) is 12.8 Å². The molecule has 2 rings (SSSR count). The molecule has 0 amide bonds. The highest BCUT2D eigenvalue weighted by Gasteiger charge is 2.17. The highest BCUT2D eigenvalue weighted by molar-refractivity contribution is 7.92. The molecule has 0 fully saturated rings. The van der Waals surface area contributed by atoms with Gasteiger partial charge < -0.3 is 5.11 Å². The smallest absolute Gasteiger partial charge is 0.264 e. The largest absolute Gasteiger partial charge is 0.508 e. The summed E-state index contributed by atoms with van der Waals surface area (Å²) in [6, 6.07) is 5.19. The maximum atomic E-state index is 12.2. The van der Waals surface area contributed by atoms with Gasteiger partial charge in [-0.1, -0.05) is 13.8 Å². The van der Waals surface area contributed by atoms with Gasteiger partial charge in [0, 0.05) is 0 Å². The van der Waals surface area contributed by atoms with Crippen molar-refractivity contribution in [1.82, 2.24) is 15.2 Å². The van der Waals surface area contributed by atoms with E-state index >= 15 is 0 Å². The van der Waals surface area contributed by atoms with Gasteiger partial charge in [0.1, 0.15) is 5.75 Å². The summed E-state index contributed by atoms with van der Waals surface area (Å²) in [6.07, 6.45) is 1.33. The fraction of sp³-hybridized carbons (Fsp3) is 0.308. The van der Waals surface area contributed by atoms with E-state index in [2.05, 4.69) is 19.9 Å². The van der Waals surface area contributed by atoms with E-state index in [1.165, 1.54) is 24.3 Å². The predicted molar refractivity (Wildman–Crippen MR) is 77.5 cm³/mol. The number of phenolic OH excluding ortho intramolecular Hbond substituents is 1. The SMILES string of the molecule is CCc1nnc(NS(=O)(=O)c2ccc(O)cc2)nc1CC.